The Hall–Kier alpha value is -1.02. The topological polar surface area (TPSA) is 43.1 Å². The van der Waals surface area contributed by atoms with E-state index in [1.807, 2.05) is 6.92 Å². The number of benzene rings is 1. The highest BCUT2D eigenvalue weighted by Crippen LogP contribution is 2.25. The smallest absolute Gasteiger partial charge is 0.161 e. The van der Waals surface area contributed by atoms with Crippen LogP contribution >= 0.6 is 11.6 Å². The molecule has 0 saturated heterocycles. The van der Waals surface area contributed by atoms with Crippen molar-refractivity contribution in [1.29, 1.82) is 0 Å². The van der Waals surface area contributed by atoms with E-state index >= 15 is 0 Å². The molecule has 1 rings (SSSR count). The lowest BCUT2D eigenvalue weighted by Gasteiger charge is -2.07. The number of nitrogen functional groups attached to an aromatic ring is 1. The van der Waals surface area contributed by atoms with Crippen LogP contribution in [-0.4, -0.2) is 5.78 Å². The van der Waals surface area contributed by atoms with Gasteiger partial charge in [-0.3, -0.25) is 4.79 Å². The number of anilines is 1. The van der Waals surface area contributed by atoms with Gasteiger partial charge in [-0.05, 0) is 31.0 Å². The van der Waals surface area contributed by atoms with Crippen LogP contribution in [0, 0.1) is 0 Å². The van der Waals surface area contributed by atoms with Crippen LogP contribution in [0.25, 0.3) is 0 Å². The third-order valence-electron chi connectivity index (χ3n) is 1.93. The van der Waals surface area contributed by atoms with Crippen molar-refractivity contribution in [3.05, 3.63) is 28.3 Å². The van der Waals surface area contributed by atoms with E-state index in [2.05, 4.69) is 0 Å². The molecule has 2 nitrogen and oxygen atoms in total. The molecule has 13 heavy (non-hydrogen) atoms. The van der Waals surface area contributed by atoms with Gasteiger partial charge in [0.1, 0.15) is 0 Å². The average Bonchev–Trinajstić information content (AvgIpc) is 2.08. The van der Waals surface area contributed by atoms with Crippen LogP contribution in [0.15, 0.2) is 12.1 Å². The van der Waals surface area contributed by atoms with Crippen LogP contribution in [0.2, 0.25) is 5.02 Å². The van der Waals surface area contributed by atoms with E-state index in [4.69, 9.17) is 17.3 Å². The molecule has 0 atom stereocenters. The number of Topliss-reactive ketones (excluding diaryl/α,β-unsaturated/α-hetero) is 1. The number of halogens is 1. The van der Waals surface area contributed by atoms with Crippen molar-refractivity contribution in [3.63, 3.8) is 0 Å². The molecule has 0 aliphatic heterocycles. The maximum atomic E-state index is 11.1. The standard InChI is InChI=1S/C10H12ClNO/c1-3-7-4-8(12)5-9(6(2)13)10(7)11/h4-5H,3,12H2,1-2H3. The van der Waals surface area contributed by atoms with Crippen LogP contribution in [-0.2, 0) is 6.42 Å². The van der Waals surface area contributed by atoms with Gasteiger partial charge in [0.05, 0.1) is 5.02 Å². The Bertz CT molecular complexity index is 347. The molecule has 0 spiro atoms. The van der Waals surface area contributed by atoms with Crippen molar-refractivity contribution in [1.82, 2.24) is 0 Å². The van der Waals surface area contributed by atoms with Crippen LogP contribution in [0.4, 0.5) is 5.69 Å². The van der Waals surface area contributed by atoms with Crippen LogP contribution in [0.1, 0.15) is 29.8 Å². The number of nitrogens with two attached hydrogens (primary N) is 1. The number of hydrogen-bond donors (Lipinski definition) is 1. The summed E-state index contributed by atoms with van der Waals surface area (Å²) in [5, 5.41) is 0.532. The molecule has 0 aromatic heterocycles. The number of aryl methyl sites for hydroxylation is 1. The van der Waals surface area contributed by atoms with E-state index in [9.17, 15) is 4.79 Å². The molecule has 0 aliphatic rings. The van der Waals surface area contributed by atoms with Gasteiger partial charge in [-0.1, -0.05) is 18.5 Å². The lowest BCUT2D eigenvalue weighted by atomic mass is 10.0. The number of carbonyl (C=O) groups excluding carboxylic acids is 1. The van der Waals surface area contributed by atoms with Gasteiger partial charge in [-0.2, -0.15) is 0 Å². The van der Waals surface area contributed by atoms with Gasteiger partial charge in [-0.15, -0.1) is 0 Å². The summed E-state index contributed by atoms with van der Waals surface area (Å²) >= 11 is 6.00. The highest BCUT2D eigenvalue weighted by atomic mass is 35.5. The largest absolute Gasteiger partial charge is 0.399 e. The first-order chi connectivity index (χ1) is 6.06. The zero-order chi connectivity index (χ0) is 10.0. The molecule has 3 heteroatoms. The molecule has 1 aromatic rings. The van der Waals surface area contributed by atoms with Crippen LogP contribution in [0.3, 0.4) is 0 Å². The molecular formula is C10H12ClNO. The quantitative estimate of drug-likeness (QED) is 0.585. The first-order valence-corrected chi connectivity index (χ1v) is 4.53. The molecule has 0 radical (unpaired) electrons. The Morgan fingerprint density at radius 2 is 2.15 bits per heavy atom. The summed E-state index contributed by atoms with van der Waals surface area (Å²) in [6, 6.07) is 3.42. The number of hydrogen-bond acceptors (Lipinski definition) is 2. The maximum Gasteiger partial charge on any atom is 0.161 e. The zero-order valence-electron chi connectivity index (χ0n) is 7.73. The van der Waals surface area contributed by atoms with E-state index < -0.39 is 0 Å². The lowest BCUT2D eigenvalue weighted by molar-refractivity contribution is 0.101. The van der Waals surface area contributed by atoms with Crippen molar-refractivity contribution in [2.45, 2.75) is 20.3 Å². The van der Waals surface area contributed by atoms with Crippen molar-refractivity contribution in [3.8, 4) is 0 Å². The highest BCUT2D eigenvalue weighted by Gasteiger charge is 2.09. The molecule has 0 unspecified atom stereocenters. The van der Waals surface area contributed by atoms with E-state index in [1.165, 1.54) is 6.92 Å². The summed E-state index contributed by atoms with van der Waals surface area (Å²) in [6.45, 7) is 3.46. The Morgan fingerprint density at radius 1 is 1.54 bits per heavy atom. The third kappa shape index (κ3) is 2.01. The molecule has 0 aliphatic carbocycles. The Balaban J connectivity index is 3.35. The van der Waals surface area contributed by atoms with Crippen molar-refractivity contribution in [2.75, 3.05) is 5.73 Å². The third-order valence-corrected chi connectivity index (χ3v) is 2.38. The Morgan fingerprint density at radius 3 is 2.62 bits per heavy atom. The van der Waals surface area contributed by atoms with E-state index in [1.54, 1.807) is 12.1 Å². The average molecular weight is 198 g/mol. The zero-order valence-corrected chi connectivity index (χ0v) is 8.48. The maximum absolute atomic E-state index is 11.1. The molecule has 70 valence electrons. The van der Waals surface area contributed by atoms with Gasteiger partial charge >= 0.3 is 0 Å². The van der Waals surface area contributed by atoms with E-state index in [-0.39, 0.29) is 5.78 Å². The van der Waals surface area contributed by atoms with Crippen molar-refractivity contribution in [2.24, 2.45) is 0 Å². The van der Waals surface area contributed by atoms with E-state index in [0.29, 0.717) is 16.3 Å². The Labute approximate surface area is 82.7 Å². The highest BCUT2D eigenvalue weighted by molar-refractivity contribution is 6.34. The number of ketones is 1. The first-order valence-electron chi connectivity index (χ1n) is 4.15. The molecule has 0 fully saturated rings. The second kappa shape index (κ2) is 3.79. The second-order valence-corrected chi connectivity index (χ2v) is 3.33. The first kappa shape index (κ1) is 10.1. The second-order valence-electron chi connectivity index (χ2n) is 2.95. The minimum Gasteiger partial charge on any atom is -0.399 e. The summed E-state index contributed by atoms with van der Waals surface area (Å²) in [4.78, 5) is 11.1. The summed E-state index contributed by atoms with van der Waals surface area (Å²) in [7, 11) is 0. The lowest BCUT2D eigenvalue weighted by Crippen LogP contribution is -1.99. The molecule has 0 bridgehead atoms. The summed E-state index contributed by atoms with van der Waals surface area (Å²) in [5.74, 6) is -0.0491. The molecule has 2 N–H and O–H groups in total. The van der Waals surface area contributed by atoms with Crippen molar-refractivity contribution >= 4 is 23.1 Å². The fraction of sp³-hybridized carbons (Fsp3) is 0.300. The van der Waals surface area contributed by atoms with Crippen LogP contribution < -0.4 is 5.73 Å². The van der Waals surface area contributed by atoms with E-state index in [0.717, 1.165) is 12.0 Å². The van der Waals surface area contributed by atoms with Gasteiger partial charge in [0.2, 0.25) is 0 Å². The Kier molecular flexibility index (Phi) is 2.94. The number of rotatable bonds is 2. The summed E-state index contributed by atoms with van der Waals surface area (Å²) in [5.41, 5.74) is 7.66. The van der Waals surface area contributed by atoms with Gasteiger partial charge < -0.3 is 5.73 Å². The normalized spacial score (nSPS) is 10.1. The minimum absolute atomic E-state index is 0.0491. The summed E-state index contributed by atoms with van der Waals surface area (Å²) in [6.07, 6.45) is 0.782. The molecule has 0 saturated carbocycles. The molecule has 1 aromatic carbocycles. The van der Waals surface area contributed by atoms with Gasteiger partial charge in [0.25, 0.3) is 0 Å². The minimum atomic E-state index is -0.0491. The van der Waals surface area contributed by atoms with Gasteiger partial charge in [-0.25, -0.2) is 0 Å². The fourth-order valence-electron chi connectivity index (χ4n) is 1.22. The molecular weight excluding hydrogens is 186 g/mol. The van der Waals surface area contributed by atoms with Gasteiger partial charge in [0.15, 0.2) is 5.78 Å². The fourth-order valence-corrected chi connectivity index (χ4v) is 1.60. The predicted octanol–water partition coefficient (Wildman–Crippen LogP) is 2.69. The van der Waals surface area contributed by atoms with Gasteiger partial charge in [0, 0.05) is 11.3 Å². The number of carbonyl (C=O) groups is 1. The monoisotopic (exact) mass is 197 g/mol. The molecule has 0 heterocycles. The van der Waals surface area contributed by atoms with Crippen molar-refractivity contribution < 1.29 is 4.79 Å². The van der Waals surface area contributed by atoms with Crippen LogP contribution in [0.5, 0.6) is 0 Å². The SMILES string of the molecule is CCc1cc(N)cc(C(C)=O)c1Cl. The molecule has 0 amide bonds. The predicted molar refractivity (Wildman–Crippen MR) is 55.2 cm³/mol. The summed E-state index contributed by atoms with van der Waals surface area (Å²) < 4.78 is 0.